The van der Waals surface area contributed by atoms with E-state index in [0.29, 0.717) is 6.54 Å². The highest BCUT2D eigenvalue weighted by atomic mass is 16.2. The van der Waals surface area contributed by atoms with Gasteiger partial charge >= 0.3 is 0 Å². The Morgan fingerprint density at radius 2 is 1.77 bits per heavy atom. The van der Waals surface area contributed by atoms with E-state index in [-0.39, 0.29) is 23.8 Å². The lowest BCUT2D eigenvalue weighted by Gasteiger charge is -2.35. The summed E-state index contributed by atoms with van der Waals surface area (Å²) < 4.78 is 0. The van der Waals surface area contributed by atoms with Gasteiger partial charge in [0, 0.05) is 37.3 Å². The van der Waals surface area contributed by atoms with Crippen LogP contribution in [0.4, 0.5) is 5.69 Å². The van der Waals surface area contributed by atoms with Gasteiger partial charge in [0.25, 0.3) is 5.91 Å². The Morgan fingerprint density at radius 1 is 1.08 bits per heavy atom. The van der Waals surface area contributed by atoms with E-state index in [1.54, 1.807) is 0 Å². The van der Waals surface area contributed by atoms with Gasteiger partial charge in [-0.2, -0.15) is 0 Å². The zero-order valence-corrected chi connectivity index (χ0v) is 15.8. The van der Waals surface area contributed by atoms with Gasteiger partial charge in [-0.1, -0.05) is 31.9 Å². The van der Waals surface area contributed by atoms with Crippen LogP contribution in [0.25, 0.3) is 0 Å². The number of hydrogen-bond acceptors (Lipinski definition) is 3. The van der Waals surface area contributed by atoms with Gasteiger partial charge in [0.1, 0.15) is 0 Å². The van der Waals surface area contributed by atoms with Crippen LogP contribution in [0.5, 0.6) is 0 Å². The van der Waals surface area contributed by atoms with Gasteiger partial charge in [-0.25, -0.2) is 0 Å². The molecule has 0 atom stereocenters. The predicted molar refractivity (Wildman–Crippen MR) is 104 cm³/mol. The van der Waals surface area contributed by atoms with Gasteiger partial charge in [-0.3, -0.25) is 9.59 Å². The van der Waals surface area contributed by atoms with Crippen molar-refractivity contribution in [2.24, 2.45) is 5.92 Å². The smallest absolute Gasteiger partial charge is 0.253 e. The van der Waals surface area contributed by atoms with Crippen LogP contribution in [0.1, 0.15) is 62.2 Å². The minimum absolute atomic E-state index is 0.000824. The summed E-state index contributed by atoms with van der Waals surface area (Å²) in [5.74, 6) is 0.482. The molecule has 0 unspecified atom stereocenters. The molecular weight excluding hydrogens is 326 g/mol. The normalized spacial score (nSPS) is 18.7. The first-order valence-corrected chi connectivity index (χ1v) is 10.1. The van der Waals surface area contributed by atoms with E-state index in [2.05, 4.69) is 22.5 Å². The van der Waals surface area contributed by atoms with E-state index >= 15 is 0 Å². The second kappa shape index (κ2) is 9.06. The van der Waals surface area contributed by atoms with Crippen molar-refractivity contribution in [1.29, 1.82) is 0 Å². The number of benzene rings is 1. The second-order valence-corrected chi connectivity index (χ2v) is 7.52. The van der Waals surface area contributed by atoms with Crippen LogP contribution in [0.2, 0.25) is 0 Å². The molecule has 1 saturated carbocycles. The summed E-state index contributed by atoms with van der Waals surface area (Å²) in [5, 5.41) is 6.22. The number of hydrogen-bond donors (Lipinski definition) is 2. The molecule has 0 radical (unpaired) electrons. The predicted octanol–water partition coefficient (Wildman–Crippen LogP) is 3.10. The van der Waals surface area contributed by atoms with Crippen molar-refractivity contribution in [3.63, 3.8) is 0 Å². The minimum atomic E-state index is -0.000824. The number of nitrogens with one attached hydrogen (secondary N) is 2. The van der Waals surface area contributed by atoms with E-state index in [0.717, 1.165) is 56.4 Å². The topological polar surface area (TPSA) is 61.4 Å². The standard InChI is InChI=1S/C21H31N3O2/c1-2-13-22-21(26)18-9-5-6-10-19(18)24-14-11-17(12-15-24)23-20(25)16-7-3-4-8-16/h5-6,9-10,16-17H,2-4,7-8,11-15H2,1H3,(H,22,26)(H,23,25). The van der Waals surface area contributed by atoms with E-state index < -0.39 is 0 Å². The highest BCUT2D eigenvalue weighted by molar-refractivity contribution is 5.99. The fourth-order valence-electron chi connectivity index (χ4n) is 4.05. The Hall–Kier alpha value is -2.04. The van der Waals surface area contributed by atoms with Crippen molar-refractivity contribution >= 4 is 17.5 Å². The van der Waals surface area contributed by atoms with Crippen LogP contribution in [0.3, 0.4) is 0 Å². The van der Waals surface area contributed by atoms with Gasteiger partial charge in [-0.05, 0) is 44.2 Å². The van der Waals surface area contributed by atoms with Crippen LogP contribution in [0.15, 0.2) is 24.3 Å². The third kappa shape index (κ3) is 4.57. The number of para-hydroxylation sites is 1. The molecule has 142 valence electrons. The summed E-state index contributed by atoms with van der Waals surface area (Å²) in [6.45, 7) is 4.49. The van der Waals surface area contributed by atoms with Crippen molar-refractivity contribution in [1.82, 2.24) is 10.6 Å². The Kier molecular flexibility index (Phi) is 6.53. The van der Waals surface area contributed by atoms with E-state index in [9.17, 15) is 9.59 Å². The number of carbonyl (C=O) groups excluding carboxylic acids is 2. The van der Waals surface area contributed by atoms with Crippen molar-refractivity contribution in [2.45, 2.75) is 57.9 Å². The fourth-order valence-corrected chi connectivity index (χ4v) is 4.05. The molecule has 1 aromatic carbocycles. The Labute approximate surface area is 156 Å². The SMILES string of the molecule is CCCNC(=O)c1ccccc1N1CCC(NC(=O)C2CCCC2)CC1. The molecular formula is C21H31N3O2. The maximum atomic E-state index is 12.4. The maximum Gasteiger partial charge on any atom is 0.253 e. The summed E-state index contributed by atoms with van der Waals surface area (Å²) in [6, 6.07) is 8.09. The second-order valence-electron chi connectivity index (χ2n) is 7.52. The lowest BCUT2D eigenvalue weighted by atomic mass is 10.0. The van der Waals surface area contributed by atoms with Gasteiger partial charge in [0.15, 0.2) is 0 Å². The first-order chi connectivity index (χ1) is 12.7. The lowest BCUT2D eigenvalue weighted by molar-refractivity contribution is -0.125. The number of rotatable bonds is 6. The molecule has 26 heavy (non-hydrogen) atoms. The first-order valence-electron chi connectivity index (χ1n) is 10.1. The molecule has 1 aromatic rings. The molecule has 0 spiro atoms. The molecule has 1 heterocycles. The fraction of sp³-hybridized carbons (Fsp3) is 0.619. The maximum absolute atomic E-state index is 12.4. The van der Waals surface area contributed by atoms with E-state index in [1.807, 2.05) is 24.3 Å². The van der Waals surface area contributed by atoms with Crippen molar-refractivity contribution in [3.05, 3.63) is 29.8 Å². The zero-order valence-electron chi connectivity index (χ0n) is 15.8. The number of piperidine rings is 1. The van der Waals surface area contributed by atoms with Crippen molar-refractivity contribution in [2.75, 3.05) is 24.5 Å². The van der Waals surface area contributed by atoms with Gasteiger partial charge in [-0.15, -0.1) is 0 Å². The molecule has 2 N–H and O–H groups in total. The molecule has 0 bridgehead atoms. The summed E-state index contributed by atoms with van der Waals surface area (Å²) >= 11 is 0. The lowest BCUT2D eigenvalue weighted by Crippen LogP contribution is -2.46. The molecule has 2 amide bonds. The third-order valence-electron chi connectivity index (χ3n) is 5.59. The highest BCUT2D eigenvalue weighted by Gasteiger charge is 2.27. The monoisotopic (exact) mass is 357 g/mol. The molecule has 2 fully saturated rings. The number of nitrogens with zero attached hydrogens (tertiary/aromatic N) is 1. The molecule has 1 aliphatic carbocycles. The molecule has 5 nitrogen and oxygen atoms in total. The van der Waals surface area contributed by atoms with Gasteiger partial charge in [0.2, 0.25) is 5.91 Å². The Morgan fingerprint density at radius 3 is 2.46 bits per heavy atom. The summed E-state index contributed by atoms with van der Waals surface area (Å²) in [5.41, 5.74) is 1.75. The molecule has 2 aliphatic rings. The quantitative estimate of drug-likeness (QED) is 0.822. The van der Waals surface area contributed by atoms with Crippen LogP contribution in [-0.2, 0) is 4.79 Å². The first kappa shape index (κ1) is 18.7. The molecule has 1 saturated heterocycles. The summed E-state index contributed by atoms with van der Waals surface area (Å²) in [6.07, 6.45) is 7.27. The highest BCUT2D eigenvalue weighted by Crippen LogP contribution is 2.27. The Bertz CT molecular complexity index is 617. The number of amides is 2. The Balaban J connectivity index is 1.56. The van der Waals surface area contributed by atoms with Crippen LogP contribution in [0, 0.1) is 5.92 Å². The molecule has 3 rings (SSSR count). The van der Waals surface area contributed by atoms with Crippen LogP contribution in [-0.4, -0.2) is 37.5 Å². The van der Waals surface area contributed by atoms with Crippen LogP contribution >= 0.6 is 0 Å². The molecule has 0 aromatic heterocycles. The van der Waals surface area contributed by atoms with E-state index in [4.69, 9.17) is 0 Å². The summed E-state index contributed by atoms with van der Waals surface area (Å²) in [4.78, 5) is 27.0. The van der Waals surface area contributed by atoms with Crippen LogP contribution < -0.4 is 15.5 Å². The van der Waals surface area contributed by atoms with E-state index in [1.165, 1.54) is 12.8 Å². The number of carbonyl (C=O) groups is 2. The summed E-state index contributed by atoms with van der Waals surface area (Å²) in [7, 11) is 0. The average Bonchev–Trinajstić information content (AvgIpc) is 3.22. The number of anilines is 1. The minimum Gasteiger partial charge on any atom is -0.371 e. The molecule has 1 aliphatic heterocycles. The van der Waals surface area contributed by atoms with Gasteiger partial charge in [0.05, 0.1) is 5.56 Å². The van der Waals surface area contributed by atoms with Gasteiger partial charge < -0.3 is 15.5 Å². The largest absolute Gasteiger partial charge is 0.371 e. The van der Waals surface area contributed by atoms with Crippen molar-refractivity contribution < 1.29 is 9.59 Å². The third-order valence-corrected chi connectivity index (χ3v) is 5.59. The van der Waals surface area contributed by atoms with Crippen molar-refractivity contribution in [3.8, 4) is 0 Å². The molecule has 5 heteroatoms. The average molecular weight is 357 g/mol. The zero-order chi connectivity index (χ0) is 18.4.